The fourth-order valence-electron chi connectivity index (χ4n) is 3.22. The Morgan fingerprint density at radius 1 is 1.31 bits per heavy atom. The van der Waals surface area contributed by atoms with Gasteiger partial charge in [-0.05, 0) is 49.7 Å². The molecule has 0 amide bonds. The summed E-state index contributed by atoms with van der Waals surface area (Å²) in [5, 5.41) is 3.46. The molecule has 2 rings (SSSR count). The largest absolute Gasteiger partial charge is 0.355 e. The lowest BCUT2D eigenvalue weighted by Crippen LogP contribution is -2.41. The van der Waals surface area contributed by atoms with E-state index in [-0.39, 0.29) is 29.8 Å². The van der Waals surface area contributed by atoms with Crippen LogP contribution in [-0.2, 0) is 0 Å². The van der Waals surface area contributed by atoms with Crippen LogP contribution in [0.3, 0.4) is 0 Å². The Morgan fingerprint density at radius 2 is 2.00 bits per heavy atom. The zero-order valence-corrected chi connectivity index (χ0v) is 19.2. The van der Waals surface area contributed by atoms with Gasteiger partial charge in [-0.2, -0.15) is 0 Å². The second-order valence-electron chi connectivity index (χ2n) is 6.36. The number of hydrogen-bond acceptors (Lipinski definition) is 3. The van der Waals surface area contributed by atoms with Crippen LogP contribution in [0.1, 0.15) is 20.3 Å². The molecule has 0 aromatic heterocycles. The molecule has 1 aromatic rings. The van der Waals surface area contributed by atoms with Crippen LogP contribution in [0.5, 0.6) is 0 Å². The third-order valence-corrected chi connectivity index (χ3v) is 5.69. The van der Waals surface area contributed by atoms with E-state index in [9.17, 15) is 4.39 Å². The average molecular weight is 494 g/mol. The van der Waals surface area contributed by atoms with Crippen LogP contribution in [0.4, 0.5) is 4.39 Å². The van der Waals surface area contributed by atoms with E-state index in [2.05, 4.69) is 34.0 Å². The van der Waals surface area contributed by atoms with E-state index in [1.54, 1.807) is 11.8 Å². The van der Waals surface area contributed by atoms with Crippen LogP contribution in [0.25, 0.3) is 0 Å². The van der Waals surface area contributed by atoms with Gasteiger partial charge in [0.15, 0.2) is 5.96 Å². The summed E-state index contributed by atoms with van der Waals surface area (Å²) >= 11 is 1.73. The topological polar surface area (TPSA) is 30.9 Å². The van der Waals surface area contributed by atoms with Gasteiger partial charge in [0.2, 0.25) is 0 Å². The molecule has 1 unspecified atom stereocenters. The zero-order chi connectivity index (χ0) is 18.1. The third kappa shape index (κ3) is 7.60. The summed E-state index contributed by atoms with van der Waals surface area (Å²) < 4.78 is 12.9. The molecule has 148 valence electrons. The summed E-state index contributed by atoms with van der Waals surface area (Å²) in [4.78, 5) is 10.4. The molecular weight excluding hydrogens is 462 g/mol. The standard InChI is InChI=1S/C19H31FN4S.HI/c1-4-23(5-2)14-16-10-12-24(15-16)19(21-3)22-11-13-25-18-8-6-17(20)7-9-18;/h6-9,16H,4-5,10-15H2,1-3H3,(H,21,22);1H. The summed E-state index contributed by atoms with van der Waals surface area (Å²) in [6, 6.07) is 6.67. The van der Waals surface area contributed by atoms with Gasteiger partial charge in [-0.15, -0.1) is 35.7 Å². The molecule has 0 spiro atoms. The molecule has 1 aliphatic heterocycles. The van der Waals surface area contributed by atoms with Crippen molar-refractivity contribution in [3.8, 4) is 0 Å². The van der Waals surface area contributed by atoms with Crippen LogP contribution in [0.15, 0.2) is 34.2 Å². The first kappa shape index (κ1) is 23.5. The summed E-state index contributed by atoms with van der Waals surface area (Å²) in [5.41, 5.74) is 0. The fourth-order valence-corrected chi connectivity index (χ4v) is 3.98. The van der Waals surface area contributed by atoms with Crippen molar-refractivity contribution >= 4 is 41.7 Å². The first-order chi connectivity index (χ1) is 12.2. The van der Waals surface area contributed by atoms with E-state index >= 15 is 0 Å². The van der Waals surface area contributed by atoms with Crippen LogP contribution in [0.2, 0.25) is 0 Å². The quantitative estimate of drug-likeness (QED) is 0.196. The minimum Gasteiger partial charge on any atom is -0.355 e. The molecule has 1 saturated heterocycles. The van der Waals surface area contributed by atoms with Crippen molar-refractivity contribution in [1.82, 2.24) is 15.1 Å². The first-order valence-corrected chi connectivity index (χ1v) is 10.2. The van der Waals surface area contributed by atoms with Crippen LogP contribution < -0.4 is 5.32 Å². The molecule has 0 saturated carbocycles. The molecule has 4 nitrogen and oxygen atoms in total. The highest BCUT2D eigenvalue weighted by Crippen LogP contribution is 2.19. The Balaban J connectivity index is 0.00000338. The lowest BCUT2D eigenvalue weighted by atomic mass is 10.1. The van der Waals surface area contributed by atoms with Crippen LogP contribution in [-0.4, -0.2) is 67.8 Å². The summed E-state index contributed by atoms with van der Waals surface area (Å²) in [7, 11) is 1.85. The Labute approximate surface area is 179 Å². The van der Waals surface area contributed by atoms with Gasteiger partial charge < -0.3 is 15.1 Å². The van der Waals surface area contributed by atoms with Gasteiger partial charge in [-0.3, -0.25) is 4.99 Å². The maximum absolute atomic E-state index is 12.9. The van der Waals surface area contributed by atoms with Gasteiger partial charge in [0.1, 0.15) is 5.82 Å². The molecule has 0 bridgehead atoms. The lowest BCUT2D eigenvalue weighted by molar-refractivity contribution is 0.255. The Hall–Kier alpha value is -0.540. The van der Waals surface area contributed by atoms with Crippen molar-refractivity contribution in [2.45, 2.75) is 25.2 Å². The van der Waals surface area contributed by atoms with Crippen molar-refractivity contribution in [2.75, 3.05) is 52.1 Å². The predicted octanol–water partition coefficient (Wildman–Crippen LogP) is 3.77. The van der Waals surface area contributed by atoms with Gasteiger partial charge in [0.05, 0.1) is 0 Å². The molecule has 7 heteroatoms. The van der Waals surface area contributed by atoms with Gasteiger partial charge in [-0.1, -0.05) is 13.8 Å². The summed E-state index contributed by atoms with van der Waals surface area (Å²) in [5.74, 6) is 2.48. The van der Waals surface area contributed by atoms with Crippen molar-refractivity contribution < 1.29 is 4.39 Å². The average Bonchev–Trinajstić information content (AvgIpc) is 3.09. The number of halogens is 2. The summed E-state index contributed by atoms with van der Waals surface area (Å²) in [6.45, 7) is 10.9. The number of benzene rings is 1. The SMILES string of the molecule is CCN(CC)CC1CCN(C(=NC)NCCSc2ccc(F)cc2)C1.I. The number of nitrogens with zero attached hydrogens (tertiary/aromatic N) is 3. The number of hydrogen-bond donors (Lipinski definition) is 1. The maximum Gasteiger partial charge on any atom is 0.193 e. The van der Waals surface area contributed by atoms with E-state index in [4.69, 9.17) is 0 Å². The van der Waals surface area contributed by atoms with Gasteiger partial charge in [-0.25, -0.2) is 4.39 Å². The van der Waals surface area contributed by atoms with E-state index < -0.39 is 0 Å². The van der Waals surface area contributed by atoms with E-state index in [0.29, 0.717) is 0 Å². The monoisotopic (exact) mass is 494 g/mol. The maximum atomic E-state index is 12.9. The highest BCUT2D eigenvalue weighted by Gasteiger charge is 2.25. The number of aliphatic imine (C=N–C) groups is 1. The smallest absolute Gasteiger partial charge is 0.193 e. The molecule has 1 atom stereocenters. The molecular formula is C19H32FIN4S. The minimum absolute atomic E-state index is 0. The molecule has 1 N–H and O–H groups in total. The van der Waals surface area contributed by atoms with E-state index in [1.807, 2.05) is 19.2 Å². The number of guanidine groups is 1. The van der Waals surface area contributed by atoms with Crippen LogP contribution in [0, 0.1) is 11.7 Å². The normalized spacial score (nSPS) is 17.5. The predicted molar refractivity (Wildman–Crippen MR) is 121 cm³/mol. The Kier molecular flexibility index (Phi) is 11.5. The van der Waals surface area contributed by atoms with Crippen molar-refractivity contribution in [3.05, 3.63) is 30.1 Å². The molecule has 0 aliphatic carbocycles. The van der Waals surface area contributed by atoms with Crippen LogP contribution >= 0.6 is 35.7 Å². The van der Waals surface area contributed by atoms with Crippen molar-refractivity contribution in [3.63, 3.8) is 0 Å². The van der Waals surface area contributed by atoms with Gasteiger partial charge >= 0.3 is 0 Å². The third-order valence-electron chi connectivity index (χ3n) is 4.68. The Morgan fingerprint density at radius 3 is 2.62 bits per heavy atom. The zero-order valence-electron chi connectivity index (χ0n) is 16.1. The van der Waals surface area contributed by atoms with Crippen molar-refractivity contribution in [2.24, 2.45) is 10.9 Å². The van der Waals surface area contributed by atoms with E-state index in [1.165, 1.54) is 25.1 Å². The Bertz CT molecular complexity index is 537. The first-order valence-electron chi connectivity index (χ1n) is 9.22. The molecule has 1 aliphatic rings. The molecule has 1 heterocycles. The molecule has 0 radical (unpaired) electrons. The fraction of sp³-hybridized carbons (Fsp3) is 0.632. The van der Waals surface area contributed by atoms with Gasteiger partial charge in [0.25, 0.3) is 0 Å². The minimum atomic E-state index is -0.184. The van der Waals surface area contributed by atoms with Gasteiger partial charge in [0, 0.05) is 43.9 Å². The van der Waals surface area contributed by atoms with E-state index in [0.717, 1.165) is 55.2 Å². The second-order valence-corrected chi connectivity index (χ2v) is 7.53. The highest BCUT2D eigenvalue weighted by atomic mass is 127. The summed E-state index contributed by atoms with van der Waals surface area (Å²) in [6.07, 6.45) is 1.24. The lowest BCUT2D eigenvalue weighted by Gasteiger charge is -2.24. The second kappa shape index (κ2) is 12.8. The number of likely N-dealkylation sites (tertiary alicyclic amines) is 1. The number of thioether (sulfide) groups is 1. The number of nitrogens with one attached hydrogen (secondary N) is 1. The van der Waals surface area contributed by atoms with Crippen molar-refractivity contribution in [1.29, 1.82) is 0 Å². The molecule has 1 fully saturated rings. The molecule has 1 aromatic carbocycles. The highest BCUT2D eigenvalue weighted by molar-refractivity contribution is 14.0. The number of rotatable bonds is 8. The molecule has 26 heavy (non-hydrogen) atoms.